The highest BCUT2D eigenvalue weighted by molar-refractivity contribution is 6.29. The number of carbonyl (C=O) groups excluding carboxylic acids is 1. The van der Waals surface area contributed by atoms with Crippen LogP contribution in [-0.4, -0.2) is 21.9 Å². The van der Waals surface area contributed by atoms with Crippen LogP contribution in [0.15, 0.2) is 12.3 Å². The van der Waals surface area contributed by atoms with Crippen molar-refractivity contribution in [3.05, 3.63) is 39.8 Å². The number of aryl methyl sites for hydroxylation is 1. The average Bonchev–Trinajstić information content (AvgIpc) is 2.82. The molecule has 2 aliphatic carbocycles. The molecule has 0 spiro atoms. The van der Waals surface area contributed by atoms with E-state index in [9.17, 15) is 4.79 Å². The molecule has 1 aliphatic heterocycles. The van der Waals surface area contributed by atoms with Crippen LogP contribution in [-0.2, 0) is 12.8 Å². The summed E-state index contributed by atoms with van der Waals surface area (Å²) in [7, 11) is 0. The molecule has 0 saturated heterocycles. The number of hydrogen-bond donors (Lipinski definition) is 2. The van der Waals surface area contributed by atoms with E-state index < -0.39 is 0 Å². The third kappa shape index (κ3) is 1.46. The Balaban J connectivity index is 1.76. The Kier molecular flexibility index (Phi) is 2.19. The van der Waals surface area contributed by atoms with E-state index in [0.29, 0.717) is 17.1 Å². The number of carbonyl (C=O) groups is 1. The third-order valence-electron chi connectivity index (χ3n) is 5.19. The zero-order chi connectivity index (χ0) is 14.1. The van der Waals surface area contributed by atoms with Gasteiger partial charge in [-0.2, -0.15) is 0 Å². The van der Waals surface area contributed by atoms with Crippen molar-refractivity contribution in [2.75, 3.05) is 0 Å². The van der Waals surface area contributed by atoms with E-state index in [2.05, 4.69) is 15.3 Å². The van der Waals surface area contributed by atoms with Crippen molar-refractivity contribution in [2.45, 2.75) is 37.6 Å². The Morgan fingerprint density at radius 2 is 2.19 bits per heavy atom. The van der Waals surface area contributed by atoms with Crippen LogP contribution in [0.1, 0.15) is 45.9 Å². The second kappa shape index (κ2) is 3.89. The fraction of sp³-hybridized carbons (Fsp3) is 0.375. The molecule has 2 atom stereocenters. The zero-order valence-electron chi connectivity index (χ0n) is 11.4. The molecule has 1 fully saturated rings. The summed E-state index contributed by atoms with van der Waals surface area (Å²) in [6.07, 6.45) is 5.90. The Morgan fingerprint density at radius 1 is 1.29 bits per heavy atom. The van der Waals surface area contributed by atoms with E-state index in [1.165, 1.54) is 5.56 Å². The molecule has 106 valence electrons. The van der Waals surface area contributed by atoms with Crippen LogP contribution in [0, 0.1) is 0 Å². The molecule has 1 saturated carbocycles. The second-order valence-electron chi connectivity index (χ2n) is 6.20. The van der Waals surface area contributed by atoms with Gasteiger partial charge in [-0.3, -0.25) is 4.79 Å². The summed E-state index contributed by atoms with van der Waals surface area (Å²) < 4.78 is 0. The molecule has 3 heterocycles. The quantitative estimate of drug-likeness (QED) is 0.735. The van der Waals surface area contributed by atoms with Gasteiger partial charge in [0.2, 0.25) is 0 Å². The van der Waals surface area contributed by atoms with E-state index in [4.69, 9.17) is 11.6 Å². The molecule has 2 aromatic heterocycles. The number of aromatic amines is 1. The molecule has 2 aromatic rings. The lowest BCUT2D eigenvalue weighted by Gasteiger charge is -2.40. The number of halogens is 1. The molecular weight excluding hydrogens is 286 g/mol. The first-order chi connectivity index (χ1) is 10.2. The highest BCUT2D eigenvalue weighted by Crippen LogP contribution is 2.46. The Hall–Kier alpha value is -1.81. The number of nitrogens with one attached hydrogen (secondary N) is 2. The van der Waals surface area contributed by atoms with Gasteiger partial charge in [-0.15, -0.1) is 0 Å². The van der Waals surface area contributed by atoms with Crippen LogP contribution >= 0.6 is 11.6 Å². The monoisotopic (exact) mass is 299 g/mol. The van der Waals surface area contributed by atoms with Crippen LogP contribution in [0.2, 0.25) is 5.15 Å². The van der Waals surface area contributed by atoms with Crippen LogP contribution in [0.25, 0.3) is 11.3 Å². The SMILES string of the molecule is O=C1NC2CCC2c2[nH]c3c(c21)CCc1cnc(Cl)cc1-3. The van der Waals surface area contributed by atoms with Crippen LogP contribution in [0.5, 0.6) is 0 Å². The topological polar surface area (TPSA) is 57.8 Å². The molecule has 1 amide bonds. The zero-order valence-corrected chi connectivity index (χ0v) is 12.1. The van der Waals surface area contributed by atoms with E-state index in [-0.39, 0.29) is 5.91 Å². The smallest absolute Gasteiger partial charge is 0.253 e. The first kappa shape index (κ1) is 11.8. The van der Waals surface area contributed by atoms with Crippen molar-refractivity contribution in [1.82, 2.24) is 15.3 Å². The fourth-order valence-corrected chi connectivity index (χ4v) is 4.14. The van der Waals surface area contributed by atoms with Crippen molar-refractivity contribution in [3.8, 4) is 11.3 Å². The largest absolute Gasteiger partial charge is 0.357 e. The molecule has 4 nitrogen and oxygen atoms in total. The second-order valence-corrected chi connectivity index (χ2v) is 6.58. The number of rotatable bonds is 0. The normalized spacial score (nSPS) is 25.1. The van der Waals surface area contributed by atoms with Gasteiger partial charge in [-0.05, 0) is 42.9 Å². The summed E-state index contributed by atoms with van der Waals surface area (Å²) in [4.78, 5) is 20.1. The minimum absolute atomic E-state index is 0.0899. The van der Waals surface area contributed by atoms with Crippen LogP contribution < -0.4 is 5.32 Å². The lowest BCUT2D eigenvalue weighted by Crippen LogP contribution is -2.50. The molecule has 21 heavy (non-hydrogen) atoms. The summed E-state index contributed by atoms with van der Waals surface area (Å²) in [5, 5.41) is 3.65. The molecule has 5 heteroatoms. The van der Waals surface area contributed by atoms with Gasteiger partial charge in [0, 0.05) is 29.4 Å². The average molecular weight is 300 g/mol. The van der Waals surface area contributed by atoms with Crippen molar-refractivity contribution in [2.24, 2.45) is 0 Å². The number of H-pyrrole nitrogens is 1. The number of nitrogens with zero attached hydrogens (tertiary/aromatic N) is 1. The Morgan fingerprint density at radius 3 is 3.00 bits per heavy atom. The van der Waals surface area contributed by atoms with E-state index in [1.54, 1.807) is 0 Å². The van der Waals surface area contributed by atoms with Crippen molar-refractivity contribution < 1.29 is 4.79 Å². The predicted molar refractivity (Wildman–Crippen MR) is 79.7 cm³/mol. The van der Waals surface area contributed by atoms with E-state index in [1.807, 2.05) is 12.3 Å². The van der Waals surface area contributed by atoms with Crippen molar-refractivity contribution >= 4 is 17.5 Å². The lowest BCUT2D eigenvalue weighted by molar-refractivity contribution is 0.0876. The van der Waals surface area contributed by atoms with Crippen LogP contribution in [0.3, 0.4) is 0 Å². The maximum Gasteiger partial charge on any atom is 0.253 e. The Labute approximate surface area is 126 Å². The van der Waals surface area contributed by atoms with E-state index in [0.717, 1.165) is 53.8 Å². The molecule has 0 bridgehead atoms. The molecule has 0 radical (unpaired) electrons. The number of fused-ring (bicyclic) bond motifs is 7. The number of hydrogen-bond acceptors (Lipinski definition) is 2. The Bertz CT molecular complexity index is 795. The van der Waals surface area contributed by atoms with Gasteiger partial charge in [-0.25, -0.2) is 4.98 Å². The lowest BCUT2D eigenvalue weighted by atomic mass is 9.73. The van der Waals surface area contributed by atoms with Gasteiger partial charge in [0.15, 0.2) is 0 Å². The molecule has 2 unspecified atom stereocenters. The highest BCUT2D eigenvalue weighted by atomic mass is 35.5. The fourth-order valence-electron chi connectivity index (χ4n) is 3.99. The minimum Gasteiger partial charge on any atom is -0.357 e. The van der Waals surface area contributed by atoms with Gasteiger partial charge in [0.05, 0.1) is 11.3 Å². The summed E-state index contributed by atoms with van der Waals surface area (Å²) in [5.41, 5.74) is 6.58. The predicted octanol–water partition coefficient (Wildman–Crippen LogP) is 2.82. The van der Waals surface area contributed by atoms with Gasteiger partial charge < -0.3 is 10.3 Å². The molecule has 5 rings (SSSR count). The maximum atomic E-state index is 12.4. The summed E-state index contributed by atoms with van der Waals surface area (Å²) in [5.74, 6) is 0.552. The molecule has 3 aliphatic rings. The van der Waals surface area contributed by atoms with Crippen LogP contribution in [0.4, 0.5) is 0 Å². The van der Waals surface area contributed by atoms with Gasteiger partial charge >= 0.3 is 0 Å². The highest BCUT2D eigenvalue weighted by Gasteiger charge is 2.43. The maximum absolute atomic E-state index is 12.4. The molecule has 0 aromatic carbocycles. The van der Waals surface area contributed by atoms with Gasteiger partial charge in [0.25, 0.3) is 5.91 Å². The van der Waals surface area contributed by atoms with E-state index >= 15 is 0 Å². The van der Waals surface area contributed by atoms with Gasteiger partial charge in [0.1, 0.15) is 5.15 Å². The number of aromatic nitrogens is 2. The number of amides is 1. The van der Waals surface area contributed by atoms with Gasteiger partial charge in [-0.1, -0.05) is 11.6 Å². The first-order valence-electron chi connectivity index (χ1n) is 7.43. The summed E-state index contributed by atoms with van der Waals surface area (Å²) >= 11 is 6.06. The summed E-state index contributed by atoms with van der Waals surface area (Å²) in [6.45, 7) is 0. The number of pyridine rings is 1. The summed E-state index contributed by atoms with van der Waals surface area (Å²) in [6, 6.07) is 2.23. The minimum atomic E-state index is 0.0899. The molecular formula is C16H14ClN3O. The molecule has 2 N–H and O–H groups in total. The van der Waals surface area contributed by atoms with Crippen molar-refractivity contribution in [1.29, 1.82) is 0 Å². The standard InChI is InChI=1S/C16H14ClN3O/c17-12-5-10-7(6-18-12)1-2-9-13-15(20-14(9)10)8-3-4-11(8)19-16(13)21/h5-6,8,11,20H,1-4H2,(H,19,21). The first-order valence-corrected chi connectivity index (χ1v) is 7.80. The van der Waals surface area contributed by atoms with Crippen molar-refractivity contribution in [3.63, 3.8) is 0 Å². The third-order valence-corrected chi connectivity index (χ3v) is 5.39.